The molecule has 7 nitrogen and oxygen atoms in total. The van der Waals surface area contributed by atoms with Gasteiger partial charge in [0.25, 0.3) is 5.91 Å². The zero-order valence-electron chi connectivity index (χ0n) is 19.3. The lowest BCUT2D eigenvalue weighted by molar-refractivity contribution is -0.137. The van der Waals surface area contributed by atoms with Crippen molar-refractivity contribution in [3.8, 4) is 5.75 Å². The summed E-state index contributed by atoms with van der Waals surface area (Å²) < 4.78 is 55.7. The van der Waals surface area contributed by atoms with Gasteiger partial charge >= 0.3 is 6.18 Å². The van der Waals surface area contributed by atoms with Crippen LogP contribution in [0.25, 0.3) is 21.9 Å². The minimum atomic E-state index is -4.57. The standard InChI is InChI=1S/C27H19F3N2O5/c1-35-18-9-10-21-20(13-18)15(14-36-21)11-23(33)32-24-19-7-2-3-8-22(19)37-25(24)26(34)31-17-6-4-5-16(12-17)27(28,29)30/h2-10,12-14H,11H2,1H3,(H,31,34)(H,32,33). The van der Waals surface area contributed by atoms with Gasteiger partial charge in [-0.2, -0.15) is 13.2 Å². The molecule has 0 saturated carbocycles. The summed E-state index contributed by atoms with van der Waals surface area (Å²) in [6.45, 7) is 0. The van der Waals surface area contributed by atoms with Gasteiger partial charge in [0.15, 0.2) is 0 Å². The Morgan fingerprint density at radius 3 is 2.51 bits per heavy atom. The van der Waals surface area contributed by atoms with E-state index in [2.05, 4.69) is 10.6 Å². The van der Waals surface area contributed by atoms with Crippen molar-refractivity contribution >= 4 is 45.1 Å². The summed E-state index contributed by atoms with van der Waals surface area (Å²) in [5.41, 5.74) is 0.636. The van der Waals surface area contributed by atoms with Gasteiger partial charge in [-0.3, -0.25) is 9.59 Å². The van der Waals surface area contributed by atoms with Gasteiger partial charge in [0.1, 0.15) is 22.6 Å². The van der Waals surface area contributed by atoms with E-state index in [-0.39, 0.29) is 23.6 Å². The molecule has 0 aliphatic heterocycles. The molecule has 0 aliphatic rings. The highest BCUT2D eigenvalue weighted by Crippen LogP contribution is 2.34. The Morgan fingerprint density at radius 2 is 1.73 bits per heavy atom. The van der Waals surface area contributed by atoms with Crippen LogP contribution in [0.1, 0.15) is 21.7 Å². The van der Waals surface area contributed by atoms with E-state index in [0.29, 0.717) is 33.3 Å². The molecule has 10 heteroatoms. The van der Waals surface area contributed by atoms with Crippen molar-refractivity contribution in [1.82, 2.24) is 0 Å². The highest BCUT2D eigenvalue weighted by Gasteiger charge is 2.31. The summed E-state index contributed by atoms with van der Waals surface area (Å²) in [5.74, 6) is -0.912. The summed E-state index contributed by atoms with van der Waals surface area (Å²) in [6.07, 6.45) is -3.17. The minimum absolute atomic E-state index is 0.0728. The van der Waals surface area contributed by atoms with Crippen molar-refractivity contribution in [1.29, 1.82) is 0 Å². The molecule has 2 N–H and O–H groups in total. The average Bonchev–Trinajstić information content (AvgIpc) is 3.44. The lowest BCUT2D eigenvalue weighted by atomic mass is 10.1. The molecule has 0 saturated heterocycles. The summed E-state index contributed by atoms with van der Waals surface area (Å²) in [6, 6.07) is 16.1. The molecule has 3 aromatic carbocycles. The molecule has 2 aromatic heterocycles. The van der Waals surface area contributed by atoms with E-state index in [0.717, 1.165) is 12.1 Å². The van der Waals surface area contributed by atoms with Gasteiger partial charge < -0.3 is 24.2 Å². The normalized spacial score (nSPS) is 11.6. The number of nitrogens with one attached hydrogen (secondary N) is 2. The Bertz CT molecular complexity index is 1630. The van der Waals surface area contributed by atoms with Crippen molar-refractivity contribution in [2.24, 2.45) is 0 Å². The third-order valence-electron chi connectivity index (χ3n) is 5.73. The third kappa shape index (κ3) is 4.86. The van der Waals surface area contributed by atoms with Crippen LogP contribution in [0.4, 0.5) is 24.5 Å². The van der Waals surface area contributed by atoms with E-state index in [1.807, 2.05) is 0 Å². The monoisotopic (exact) mass is 508 g/mol. The molecule has 2 heterocycles. The molecule has 5 rings (SSSR count). The summed E-state index contributed by atoms with van der Waals surface area (Å²) in [7, 11) is 1.53. The third-order valence-corrected chi connectivity index (χ3v) is 5.73. The van der Waals surface area contributed by atoms with E-state index < -0.39 is 23.6 Å². The zero-order chi connectivity index (χ0) is 26.2. The smallest absolute Gasteiger partial charge is 0.416 e. The molecule has 0 aliphatic carbocycles. The van der Waals surface area contributed by atoms with Gasteiger partial charge in [0, 0.05) is 22.0 Å². The molecular formula is C27H19F3N2O5. The predicted octanol–water partition coefficient (Wildman–Crippen LogP) is 6.64. The number of amides is 2. The van der Waals surface area contributed by atoms with Crippen molar-refractivity contribution in [3.05, 3.63) is 89.9 Å². The van der Waals surface area contributed by atoms with Crippen LogP contribution in [0.2, 0.25) is 0 Å². The highest BCUT2D eigenvalue weighted by atomic mass is 19.4. The van der Waals surface area contributed by atoms with Gasteiger partial charge in [-0.15, -0.1) is 0 Å². The number of halogens is 3. The Kier molecular flexibility index (Phi) is 6.08. The molecule has 0 spiro atoms. The fraction of sp³-hybridized carbons (Fsp3) is 0.111. The first-order valence-corrected chi connectivity index (χ1v) is 11.1. The molecule has 0 radical (unpaired) electrons. The number of para-hydroxylation sites is 1. The molecule has 2 amide bonds. The van der Waals surface area contributed by atoms with Crippen LogP contribution < -0.4 is 15.4 Å². The number of furan rings is 2. The maximum Gasteiger partial charge on any atom is 0.416 e. The first-order valence-electron chi connectivity index (χ1n) is 11.1. The topological polar surface area (TPSA) is 93.7 Å². The van der Waals surface area contributed by atoms with Crippen LogP contribution in [0, 0.1) is 0 Å². The number of ether oxygens (including phenoxy) is 1. The van der Waals surface area contributed by atoms with Gasteiger partial charge in [0.2, 0.25) is 11.7 Å². The van der Waals surface area contributed by atoms with Crippen molar-refractivity contribution in [3.63, 3.8) is 0 Å². The number of alkyl halides is 3. The van der Waals surface area contributed by atoms with Crippen LogP contribution in [-0.4, -0.2) is 18.9 Å². The second-order valence-corrected chi connectivity index (χ2v) is 8.18. The van der Waals surface area contributed by atoms with E-state index in [1.54, 1.807) is 42.5 Å². The van der Waals surface area contributed by atoms with E-state index in [4.69, 9.17) is 13.6 Å². The van der Waals surface area contributed by atoms with Gasteiger partial charge in [-0.1, -0.05) is 18.2 Å². The molecule has 0 bridgehead atoms. The molecule has 0 unspecified atom stereocenters. The van der Waals surface area contributed by atoms with E-state index in [1.165, 1.54) is 25.5 Å². The van der Waals surface area contributed by atoms with Crippen molar-refractivity contribution in [2.45, 2.75) is 12.6 Å². The Balaban J connectivity index is 1.43. The second-order valence-electron chi connectivity index (χ2n) is 8.18. The largest absolute Gasteiger partial charge is 0.497 e. The fourth-order valence-electron chi connectivity index (χ4n) is 3.97. The van der Waals surface area contributed by atoms with Gasteiger partial charge in [0.05, 0.1) is 25.4 Å². The number of carbonyl (C=O) groups excluding carboxylic acids is 2. The number of hydrogen-bond acceptors (Lipinski definition) is 5. The maximum absolute atomic E-state index is 13.1. The highest BCUT2D eigenvalue weighted by molar-refractivity contribution is 6.14. The van der Waals surface area contributed by atoms with Gasteiger partial charge in [-0.05, 0) is 48.5 Å². The second kappa shape index (κ2) is 9.38. The summed E-state index contributed by atoms with van der Waals surface area (Å²) in [4.78, 5) is 26.1. The summed E-state index contributed by atoms with van der Waals surface area (Å²) >= 11 is 0. The number of rotatable bonds is 6. The quantitative estimate of drug-likeness (QED) is 0.268. The number of methoxy groups -OCH3 is 1. The van der Waals surface area contributed by atoms with Crippen LogP contribution in [0.15, 0.2) is 81.8 Å². The number of benzene rings is 3. The number of hydrogen-bond donors (Lipinski definition) is 2. The van der Waals surface area contributed by atoms with Gasteiger partial charge in [-0.25, -0.2) is 0 Å². The van der Waals surface area contributed by atoms with Crippen LogP contribution in [0.3, 0.4) is 0 Å². The lowest BCUT2D eigenvalue weighted by Crippen LogP contribution is -2.18. The SMILES string of the molecule is COc1ccc2occ(CC(=O)Nc3c(C(=O)Nc4cccc(C(F)(F)F)c4)oc4ccccc34)c2c1. The zero-order valence-corrected chi connectivity index (χ0v) is 19.3. The predicted molar refractivity (Wildman–Crippen MR) is 131 cm³/mol. The molecule has 5 aromatic rings. The number of anilines is 2. The van der Waals surface area contributed by atoms with Crippen molar-refractivity contribution < 1.29 is 36.3 Å². The Morgan fingerprint density at radius 1 is 0.919 bits per heavy atom. The van der Waals surface area contributed by atoms with E-state index >= 15 is 0 Å². The maximum atomic E-state index is 13.1. The fourth-order valence-corrected chi connectivity index (χ4v) is 3.97. The van der Waals surface area contributed by atoms with Crippen molar-refractivity contribution in [2.75, 3.05) is 17.7 Å². The molecule has 0 atom stereocenters. The minimum Gasteiger partial charge on any atom is -0.497 e. The first-order chi connectivity index (χ1) is 17.7. The number of fused-ring (bicyclic) bond motifs is 2. The summed E-state index contributed by atoms with van der Waals surface area (Å²) in [5, 5.41) is 6.30. The van der Waals surface area contributed by atoms with Crippen LogP contribution >= 0.6 is 0 Å². The van der Waals surface area contributed by atoms with Crippen LogP contribution in [-0.2, 0) is 17.4 Å². The van der Waals surface area contributed by atoms with Crippen LogP contribution in [0.5, 0.6) is 5.75 Å². The molecular weight excluding hydrogens is 489 g/mol. The Hall–Kier alpha value is -4.73. The Labute approximate surface area is 207 Å². The van der Waals surface area contributed by atoms with E-state index in [9.17, 15) is 22.8 Å². The first kappa shape index (κ1) is 24.0. The lowest BCUT2D eigenvalue weighted by Gasteiger charge is -2.10. The number of carbonyl (C=O) groups is 2. The average molecular weight is 508 g/mol. The molecule has 188 valence electrons. The molecule has 37 heavy (non-hydrogen) atoms. The molecule has 0 fully saturated rings.